The predicted molar refractivity (Wildman–Crippen MR) is 86.8 cm³/mol. The van der Waals surface area contributed by atoms with Crippen molar-refractivity contribution in [3.05, 3.63) is 56.9 Å². The molecule has 0 fully saturated rings. The average Bonchev–Trinajstić information content (AvgIpc) is 3.10. The van der Waals surface area contributed by atoms with Crippen molar-refractivity contribution in [1.29, 1.82) is 0 Å². The molecule has 106 valence electrons. The summed E-state index contributed by atoms with van der Waals surface area (Å²) in [5.41, 5.74) is 1.49. The van der Waals surface area contributed by atoms with Crippen molar-refractivity contribution in [1.82, 2.24) is 4.98 Å². The number of anilines is 2. The molecular weight excluding hydrogens is 330 g/mol. The first kappa shape index (κ1) is 14.0. The second kappa shape index (κ2) is 5.80. The van der Waals surface area contributed by atoms with Crippen LogP contribution < -0.4 is 5.32 Å². The molecule has 8 heteroatoms. The molecule has 21 heavy (non-hydrogen) atoms. The molecule has 1 aromatic carbocycles. The lowest BCUT2D eigenvalue weighted by atomic mass is 10.3. The number of halogens is 1. The highest BCUT2D eigenvalue weighted by Crippen LogP contribution is 2.35. The summed E-state index contributed by atoms with van der Waals surface area (Å²) in [4.78, 5) is 15.5. The van der Waals surface area contributed by atoms with Gasteiger partial charge in [-0.1, -0.05) is 35.1 Å². The van der Waals surface area contributed by atoms with Gasteiger partial charge in [0.1, 0.15) is 0 Å². The molecular formula is C13H8ClN3O2S2. The minimum Gasteiger partial charge on any atom is -0.330 e. The summed E-state index contributed by atoms with van der Waals surface area (Å²) in [5.74, 6) is 0. The van der Waals surface area contributed by atoms with Crippen molar-refractivity contribution >= 4 is 50.1 Å². The fourth-order valence-corrected chi connectivity index (χ4v) is 3.45. The van der Waals surface area contributed by atoms with E-state index < -0.39 is 4.92 Å². The molecule has 0 bridgehead atoms. The molecule has 0 spiro atoms. The largest absolute Gasteiger partial charge is 0.330 e. The topological polar surface area (TPSA) is 68.1 Å². The molecule has 0 atom stereocenters. The summed E-state index contributed by atoms with van der Waals surface area (Å²) >= 11 is 8.61. The Morgan fingerprint density at radius 1 is 1.24 bits per heavy atom. The highest BCUT2D eigenvalue weighted by atomic mass is 35.5. The maximum Gasteiger partial charge on any atom is 0.324 e. The van der Waals surface area contributed by atoms with Gasteiger partial charge in [0.25, 0.3) is 0 Å². The predicted octanol–water partition coefficient (Wildman–Crippen LogP) is 5.18. The van der Waals surface area contributed by atoms with Gasteiger partial charge in [0.15, 0.2) is 5.13 Å². The molecule has 3 aromatic rings. The zero-order valence-electron chi connectivity index (χ0n) is 10.4. The summed E-state index contributed by atoms with van der Waals surface area (Å²) in [7, 11) is 0. The SMILES string of the molecule is O=[N+]([O-])c1ccc(-c2csc(Nc3ccccc3Cl)n2)s1. The van der Waals surface area contributed by atoms with Crippen molar-refractivity contribution in [3.8, 4) is 10.6 Å². The summed E-state index contributed by atoms with van der Waals surface area (Å²) in [6.45, 7) is 0. The van der Waals surface area contributed by atoms with E-state index in [9.17, 15) is 10.1 Å². The molecule has 0 aliphatic carbocycles. The van der Waals surface area contributed by atoms with Crippen LogP contribution in [0.15, 0.2) is 41.8 Å². The van der Waals surface area contributed by atoms with Gasteiger partial charge in [0, 0.05) is 11.4 Å². The van der Waals surface area contributed by atoms with E-state index in [-0.39, 0.29) is 5.00 Å². The van der Waals surface area contributed by atoms with Crippen LogP contribution in [0.1, 0.15) is 0 Å². The molecule has 0 aliphatic heterocycles. The Hall–Kier alpha value is -1.96. The van der Waals surface area contributed by atoms with Crippen molar-refractivity contribution in [2.24, 2.45) is 0 Å². The minimum atomic E-state index is -0.399. The Morgan fingerprint density at radius 2 is 2.05 bits per heavy atom. The fraction of sp³-hybridized carbons (Fsp3) is 0. The van der Waals surface area contributed by atoms with Crippen molar-refractivity contribution in [2.75, 3.05) is 5.32 Å². The molecule has 2 aromatic heterocycles. The van der Waals surface area contributed by atoms with Crippen LogP contribution in [0.2, 0.25) is 5.02 Å². The van der Waals surface area contributed by atoms with E-state index in [1.165, 1.54) is 17.4 Å². The van der Waals surface area contributed by atoms with Gasteiger partial charge < -0.3 is 5.32 Å². The number of nitrogens with one attached hydrogen (secondary N) is 1. The molecule has 0 amide bonds. The van der Waals surface area contributed by atoms with E-state index in [2.05, 4.69) is 10.3 Å². The van der Waals surface area contributed by atoms with E-state index in [0.717, 1.165) is 21.9 Å². The van der Waals surface area contributed by atoms with Gasteiger partial charge in [-0.3, -0.25) is 10.1 Å². The van der Waals surface area contributed by atoms with E-state index in [0.29, 0.717) is 15.8 Å². The molecule has 0 saturated carbocycles. The van der Waals surface area contributed by atoms with Crippen LogP contribution in [0.4, 0.5) is 15.8 Å². The van der Waals surface area contributed by atoms with Gasteiger partial charge in [0.2, 0.25) is 0 Å². The molecule has 1 N–H and O–H groups in total. The van der Waals surface area contributed by atoms with Crippen LogP contribution in [-0.2, 0) is 0 Å². The number of nitrogens with zero attached hydrogens (tertiary/aromatic N) is 2. The van der Waals surface area contributed by atoms with Crippen molar-refractivity contribution < 1.29 is 4.92 Å². The number of para-hydroxylation sites is 1. The number of nitro groups is 1. The van der Waals surface area contributed by atoms with Crippen molar-refractivity contribution in [3.63, 3.8) is 0 Å². The third-order valence-corrected chi connectivity index (χ3v) is 4.79. The Morgan fingerprint density at radius 3 is 2.76 bits per heavy atom. The van der Waals surface area contributed by atoms with Crippen LogP contribution >= 0.6 is 34.3 Å². The molecule has 2 heterocycles. The lowest BCUT2D eigenvalue weighted by Crippen LogP contribution is -1.89. The number of thiophene rings is 1. The molecule has 0 aliphatic rings. The Kier molecular flexibility index (Phi) is 3.87. The van der Waals surface area contributed by atoms with Gasteiger partial charge in [-0.25, -0.2) is 4.98 Å². The molecule has 5 nitrogen and oxygen atoms in total. The summed E-state index contributed by atoms with van der Waals surface area (Å²) < 4.78 is 0. The van der Waals surface area contributed by atoms with Crippen LogP contribution in [0.5, 0.6) is 0 Å². The number of hydrogen-bond acceptors (Lipinski definition) is 6. The third kappa shape index (κ3) is 3.05. The number of benzene rings is 1. The maximum atomic E-state index is 10.7. The lowest BCUT2D eigenvalue weighted by Gasteiger charge is -2.03. The zero-order valence-corrected chi connectivity index (χ0v) is 12.8. The number of thiazole rings is 1. The smallest absolute Gasteiger partial charge is 0.324 e. The summed E-state index contributed by atoms with van der Waals surface area (Å²) in [6, 6.07) is 10.6. The molecule has 0 radical (unpaired) electrons. The molecule has 0 saturated heterocycles. The first-order valence-electron chi connectivity index (χ1n) is 5.85. The van der Waals surface area contributed by atoms with Gasteiger partial charge in [-0.05, 0) is 18.2 Å². The summed E-state index contributed by atoms with van der Waals surface area (Å²) in [5, 5.41) is 17.1. The number of hydrogen-bond donors (Lipinski definition) is 1. The lowest BCUT2D eigenvalue weighted by molar-refractivity contribution is -0.380. The van der Waals surface area contributed by atoms with E-state index in [4.69, 9.17) is 11.6 Å². The van der Waals surface area contributed by atoms with E-state index >= 15 is 0 Å². The van der Waals surface area contributed by atoms with E-state index in [1.54, 1.807) is 12.1 Å². The van der Waals surface area contributed by atoms with Gasteiger partial charge in [-0.15, -0.1) is 11.3 Å². The first-order chi connectivity index (χ1) is 10.1. The van der Waals surface area contributed by atoms with Crippen LogP contribution in [0, 0.1) is 10.1 Å². The Bertz CT molecular complexity index is 800. The first-order valence-corrected chi connectivity index (χ1v) is 7.92. The minimum absolute atomic E-state index is 0.110. The second-order valence-corrected chi connectivity index (χ2v) is 6.37. The monoisotopic (exact) mass is 337 g/mol. The maximum absolute atomic E-state index is 10.7. The normalized spacial score (nSPS) is 10.5. The molecule has 3 rings (SSSR count). The standard InChI is InChI=1S/C13H8ClN3O2S2/c14-8-3-1-2-4-9(8)15-13-16-10(7-20-13)11-5-6-12(21-11)17(18)19/h1-7H,(H,15,16). The van der Waals surface area contributed by atoms with Crippen LogP contribution in [0.25, 0.3) is 10.6 Å². The van der Waals surface area contributed by atoms with Gasteiger partial charge >= 0.3 is 5.00 Å². The summed E-state index contributed by atoms with van der Waals surface area (Å²) in [6.07, 6.45) is 0. The molecule has 0 unspecified atom stereocenters. The van der Waals surface area contributed by atoms with E-state index in [1.807, 2.05) is 23.6 Å². The highest BCUT2D eigenvalue weighted by molar-refractivity contribution is 7.19. The Balaban J connectivity index is 1.83. The second-order valence-electron chi connectivity index (χ2n) is 4.04. The number of aromatic nitrogens is 1. The highest BCUT2D eigenvalue weighted by Gasteiger charge is 2.13. The van der Waals surface area contributed by atoms with Crippen LogP contribution in [-0.4, -0.2) is 9.91 Å². The number of rotatable bonds is 4. The zero-order chi connectivity index (χ0) is 14.8. The van der Waals surface area contributed by atoms with Gasteiger partial charge in [-0.2, -0.15) is 0 Å². The third-order valence-electron chi connectivity index (χ3n) is 2.64. The van der Waals surface area contributed by atoms with Gasteiger partial charge in [0.05, 0.1) is 26.2 Å². The Labute approximate surface area is 133 Å². The van der Waals surface area contributed by atoms with Crippen LogP contribution in [0.3, 0.4) is 0 Å². The average molecular weight is 338 g/mol. The fourth-order valence-electron chi connectivity index (χ4n) is 1.69. The van der Waals surface area contributed by atoms with Crippen molar-refractivity contribution in [2.45, 2.75) is 0 Å². The quantitative estimate of drug-likeness (QED) is 0.526.